The van der Waals surface area contributed by atoms with Gasteiger partial charge in [-0.1, -0.05) is 0 Å². The van der Waals surface area contributed by atoms with Gasteiger partial charge in [0.15, 0.2) is 0 Å². The van der Waals surface area contributed by atoms with Crippen LogP contribution in [0.1, 0.15) is 16.8 Å². The Kier molecular flexibility index (Phi) is 2.09. The van der Waals surface area contributed by atoms with Crippen LogP contribution in [0, 0.1) is 20.8 Å². The lowest BCUT2D eigenvalue weighted by molar-refractivity contribution is 1.12. The number of aromatic nitrogens is 1. The summed E-state index contributed by atoms with van der Waals surface area (Å²) in [5.74, 6) is 0. The summed E-state index contributed by atoms with van der Waals surface area (Å²) < 4.78 is 1.13. The first kappa shape index (κ1) is 7.73. The zero-order valence-electron chi connectivity index (χ0n) is 6.40. The van der Waals surface area contributed by atoms with Gasteiger partial charge in [0.1, 0.15) is 0 Å². The first-order chi connectivity index (χ1) is 4.63. The van der Waals surface area contributed by atoms with E-state index in [0.29, 0.717) is 0 Å². The second-order valence-electron chi connectivity index (χ2n) is 2.47. The Morgan fingerprint density at radius 2 is 1.90 bits per heavy atom. The SMILES string of the molecule is Cc1cnc(C)c(Br)c1C. The van der Waals surface area contributed by atoms with Crippen LogP contribution in [-0.4, -0.2) is 4.98 Å². The molecule has 1 aromatic heterocycles. The highest BCUT2D eigenvalue weighted by Crippen LogP contribution is 2.20. The van der Waals surface area contributed by atoms with E-state index in [1.807, 2.05) is 13.1 Å². The first-order valence-electron chi connectivity index (χ1n) is 3.21. The third-order valence-corrected chi connectivity index (χ3v) is 2.86. The van der Waals surface area contributed by atoms with Gasteiger partial charge in [0, 0.05) is 10.7 Å². The molecule has 1 rings (SSSR count). The predicted molar refractivity (Wildman–Crippen MR) is 46.1 cm³/mol. The van der Waals surface area contributed by atoms with Crippen LogP contribution in [0.2, 0.25) is 0 Å². The Morgan fingerprint density at radius 3 is 2.40 bits per heavy atom. The molecule has 10 heavy (non-hydrogen) atoms. The first-order valence-corrected chi connectivity index (χ1v) is 4.00. The summed E-state index contributed by atoms with van der Waals surface area (Å²) in [6, 6.07) is 0. The molecule has 0 saturated carbocycles. The third-order valence-electron chi connectivity index (χ3n) is 1.69. The molecule has 0 amide bonds. The lowest BCUT2D eigenvalue weighted by Crippen LogP contribution is -1.89. The fraction of sp³-hybridized carbons (Fsp3) is 0.375. The Morgan fingerprint density at radius 1 is 1.30 bits per heavy atom. The van der Waals surface area contributed by atoms with Crippen LogP contribution in [0.5, 0.6) is 0 Å². The number of hydrogen-bond donors (Lipinski definition) is 0. The molecular weight excluding hydrogens is 190 g/mol. The molecule has 0 aliphatic rings. The molecule has 1 aromatic rings. The van der Waals surface area contributed by atoms with Gasteiger partial charge in [0.05, 0.1) is 5.69 Å². The van der Waals surface area contributed by atoms with Crippen LogP contribution in [0.4, 0.5) is 0 Å². The van der Waals surface area contributed by atoms with Crippen molar-refractivity contribution in [3.05, 3.63) is 27.5 Å². The molecule has 54 valence electrons. The van der Waals surface area contributed by atoms with Crippen molar-refractivity contribution in [3.8, 4) is 0 Å². The van der Waals surface area contributed by atoms with E-state index in [9.17, 15) is 0 Å². The van der Waals surface area contributed by atoms with Gasteiger partial charge < -0.3 is 0 Å². The summed E-state index contributed by atoms with van der Waals surface area (Å²) in [6.45, 7) is 6.15. The summed E-state index contributed by atoms with van der Waals surface area (Å²) in [6.07, 6.45) is 1.90. The summed E-state index contributed by atoms with van der Waals surface area (Å²) in [5, 5.41) is 0. The Hall–Kier alpha value is -0.370. The van der Waals surface area contributed by atoms with E-state index in [1.165, 1.54) is 11.1 Å². The van der Waals surface area contributed by atoms with Crippen molar-refractivity contribution in [3.63, 3.8) is 0 Å². The molecular formula is C8H10BrN. The van der Waals surface area contributed by atoms with Crippen molar-refractivity contribution >= 4 is 15.9 Å². The molecule has 0 spiro atoms. The molecule has 0 atom stereocenters. The van der Waals surface area contributed by atoms with Crippen LogP contribution in [0.25, 0.3) is 0 Å². The number of hydrogen-bond acceptors (Lipinski definition) is 1. The zero-order chi connectivity index (χ0) is 7.72. The molecule has 0 radical (unpaired) electrons. The quantitative estimate of drug-likeness (QED) is 0.627. The molecule has 0 fully saturated rings. The zero-order valence-corrected chi connectivity index (χ0v) is 7.99. The van der Waals surface area contributed by atoms with Gasteiger partial charge in [0.25, 0.3) is 0 Å². The molecule has 1 heterocycles. The van der Waals surface area contributed by atoms with E-state index < -0.39 is 0 Å². The van der Waals surface area contributed by atoms with E-state index in [0.717, 1.165) is 10.2 Å². The van der Waals surface area contributed by atoms with Crippen molar-refractivity contribution in [2.75, 3.05) is 0 Å². The summed E-state index contributed by atoms with van der Waals surface area (Å²) in [7, 11) is 0. The third kappa shape index (κ3) is 1.21. The highest BCUT2D eigenvalue weighted by atomic mass is 79.9. The second kappa shape index (κ2) is 2.70. The molecule has 1 nitrogen and oxygen atoms in total. The number of halogens is 1. The highest BCUT2D eigenvalue weighted by Gasteiger charge is 2.00. The largest absolute Gasteiger partial charge is 0.260 e. The molecule has 0 aromatic carbocycles. The van der Waals surface area contributed by atoms with Crippen LogP contribution in [0.3, 0.4) is 0 Å². The van der Waals surface area contributed by atoms with Crippen LogP contribution >= 0.6 is 15.9 Å². The van der Waals surface area contributed by atoms with Crippen molar-refractivity contribution in [2.24, 2.45) is 0 Å². The topological polar surface area (TPSA) is 12.9 Å². The minimum absolute atomic E-state index is 1.06. The minimum Gasteiger partial charge on any atom is -0.260 e. The van der Waals surface area contributed by atoms with Crippen molar-refractivity contribution < 1.29 is 0 Å². The molecule has 0 N–H and O–H groups in total. The molecule has 0 saturated heterocycles. The molecule has 0 aliphatic heterocycles. The number of nitrogens with zero attached hydrogens (tertiary/aromatic N) is 1. The Labute approximate surface area is 69.6 Å². The van der Waals surface area contributed by atoms with Crippen LogP contribution in [0.15, 0.2) is 10.7 Å². The van der Waals surface area contributed by atoms with Gasteiger partial charge in [-0.3, -0.25) is 4.98 Å². The Balaban J connectivity index is 3.34. The fourth-order valence-corrected chi connectivity index (χ4v) is 1.21. The number of aryl methyl sites for hydroxylation is 2. The average Bonchev–Trinajstić information content (AvgIpc) is 1.93. The highest BCUT2D eigenvalue weighted by molar-refractivity contribution is 9.10. The van der Waals surface area contributed by atoms with Crippen molar-refractivity contribution in [1.29, 1.82) is 0 Å². The van der Waals surface area contributed by atoms with Gasteiger partial charge >= 0.3 is 0 Å². The van der Waals surface area contributed by atoms with E-state index >= 15 is 0 Å². The van der Waals surface area contributed by atoms with E-state index in [2.05, 4.69) is 34.8 Å². The van der Waals surface area contributed by atoms with Crippen LogP contribution in [-0.2, 0) is 0 Å². The van der Waals surface area contributed by atoms with E-state index in [4.69, 9.17) is 0 Å². The fourth-order valence-electron chi connectivity index (χ4n) is 0.792. The molecule has 0 aliphatic carbocycles. The standard InChI is InChI=1S/C8H10BrN/c1-5-4-10-7(3)8(9)6(5)2/h4H,1-3H3. The van der Waals surface area contributed by atoms with E-state index in [1.54, 1.807) is 0 Å². The lowest BCUT2D eigenvalue weighted by atomic mass is 10.2. The van der Waals surface area contributed by atoms with Crippen molar-refractivity contribution in [1.82, 2.24) is 4.98 Å². The second-order valence-corrected chi connectivity index (χ2v) is 3.26. The van der Waals surface area contributed by atoms with Crippen molar-refractivity contribution in [2.45, 2.75) is 20.8 Å². The average molecular weight is 200 g/mol. The molecule has 0 bridgehead atoms. The van der Waals surface area contributed by atoms with E-state index in [-0.39, 0.29) is 0 Å². The maximum absolute atomic E-state index is 4.19. The maximum Gasteiger partial charge on any atom is 0.0517 e. The Bertz CT molecular complexity index is 229. The van der Waals surface area contributed by atoms with Crippen LogP contribution < -0.4 is 0 Å². The summed E-state index contributed by atoms with van der Waals surface area (Å²) in [4.78, 5) is 4.19. The monoisotopic (exact) mass is 199 g/mol. The van der Waals surface area contributed by atoms with Gasteiger partial charge in [-0.2, -0.15) is 0 Å². The predicted octanol–water partition coefficient (Wildman–Crippen LogP) is 2.77. The molecule has 2 heteroatoms. The normalized spacial score (nSPS) is 10.0. The lowest BCUT2D eigenvalue weighted by Gasteiger charge is -2.03. The summed E-state index contributed by atoms with van der Waals surface area (Å²) >= 11 is 3.47. The number of pyridine rings is 1. The van der Waals surface area contributed by atoms with Gasteiger partial charge in [0.2, 0.25) is 0 Å². The summed E-state index contributed by atoms with van der Waals surface area (Å²) in [5.41, 5.74) is 3.58. The number of rotatable bonds is 0. The minimum atomic E-state index is 1.06. The van der Waals surface area contributed by atoms with Gasteiger partial charge in [-0.15, -0.1) is 0 Å². The van der Waals surface area contributed by atoms with Gasteiger partial charge in [-0.25, -0.2) is 0 Å². The maximum atomic E-state index is 4.19. The smallest absolute Gasteiger partial charge is 0.0517 e. The molecule has 0 unspecified atom stereocenters. The van der Waals surface area contributed by atoms with Gasteiger partial charge in [-0.05, 0) is 47.8 Å².